The normalized spacial score (nSPS) is 27.5. The van der Waals surface area contributed by atoms with E-state index in [2.05, 4.69) is 16.8 Å². The third-order valence-electron chi connectivity index (χ3n) is 3.50. The summed E-state index contributed by atoms with van der Waals surface area (Å²) in [4.78, 5) is 5.61. The van der Waals surface area contributed by atoms with Crippen molar-refractivity contribution >= 4 is 17.2 Å². The third kappa shape index (κ3) is 2.07. The Morgan fingerprint density at radius 1 is 1.29 bits per heavy atom. The minimum Gasteiger partial charge on any atom is -0.393 e. The number of nitrogens with zero attached hydrogens (tertiary/aromatic N) is 2. The lowest BCUT2D eigenvalue weighted by molar-refractivity contribution is 0.142. The zero-order valence-corrected chi connectivity index (χ0v) is 9.65. The molecule has 4 heteroatoms. The molecule has 1 saturated carbocycles. The first-order valence-corrected chi connectivity index (χ1v) is 5.74. The van der Waals surface area contributed by atoms with Crippen LogP contribution in [-0.4, -0.2) is 54.6 Å². The molecule has 0 spiro atoms. The van der Waals surface area contributed by atoms with Gasteiger partial charge in [0.25, 0.3) is 0 Å². The smallest absolute Gasteiger partial charge is 0.0802 e. The van der Waals surface area contributed by atoms with Crippen molar-refractivity contribution in [2.24, 2.45) is 11.1 Å². The molecule has 80 valence electrons. The molecule has 1 aliphatic heterocycles. The Balaban J connectivity index is 1.83. The Morgan fingerprint density at radius 3 is 2.29 bits per heavy atom. The first-order valence-electron chi connectivity index (χ1n) is 5.33. The molecule has 0 unspecified atom stereocenters. The summed E-state index contributed by atoms with van der Waals surface area (Å²) in [6.45, 7) is 5.78. The number of piperazine rings is 1. The predicted octanol–water partition coefficient (Wildman–Crippen LogP) is 0.300. The van der Waals surface area contributed by atoms with Gasteiger partial charge >= 0.3 is 0 Å². The van der Waals surface area contributed by atoms with E-state index in [-0.39, 0.29) is 5.41 Å². The quantitative estimate of drug-likeness (QED) is 0.684. The van der Waals surface area contributed by atoms with Gasteiger partial charge in [-0.25, -0.2) is 0 Å². The second kappa shape index (κ2) is 3.76. The van der Waals surface area contributed by atoms with Crippen LogP contribution in [0.4, 0.5) is 0 Å². The van der Waals surface area contributed by atoms with Crippen molar-refractivity contribution in [3.8, 4) is 0 Å². The Kier molecular flexibility index (Phi) is 2.77. The van der Waals surface area contributed by atoms with Gasteiger partial charge in [0, 0.05) is 38.1 Å². The highest BCUT2D eigenvalue weighted by Gasteiger charge is 2.46. The van der Waals surface area contributed by atoms with E-state index in [0.717, 1.165) is 11.5 Å². The molecule has 1 aliphatic carbocycles. The molecule has 0 radical (unpaired) electrons. The van der Waals surface area contributed by atoms with Gasteiger partial charge < -0.3 is 10.6 Å². The predicted molar refractivity (Wildman–Crippen MR) is 62.4 cm³/mol. The summed E-state index contributed by atoms with van der Waals surface area (Å²) >= 11 is 5.13. The van der Waals surface area contributed by atoms with Crippen molar-refractivity contribution in [1.82, 2.24) is 9.80 Å². The van der Waals surface area contributed by atoms with E-state index in [4.69, 9.17) is 18.0 Å². The molecule has 3 nitrogen and oxygen atoms in total. The molecule has 0 aromatic carbocycles. The minimum atomic E-state index is 0.214. The van der Waals surface area contributed by atoms with E-state index in [0.29, 0.717) is 0 Å². The molecule has 1 heterocycles. The molecule has 2 aliphatic rings. The topological polar surface area (TPSA) is 32.5 Å². The largest absolute Gasteiger partial charge is 0.393 e. The first-order chi connectivity index (χ1) is 6.62. The molecule has 14 heavy (non-hydrogen) atoms. The van der Waals surface area contributed by atoms with Crippen LogP contribution in [0.15, 0.2) is 0 Å². The fourth-order valence-electron chi connectivity index (χ4n) is 2.07. The SMILES string of the molecule is CN1CCN(CC2(C(N)=S)CC2)CC1. The molecule has 0 amide bonds. The van der Waals surface area contributed by atoms with E-state index in [9.17, 15) is 0 Å². The number of hydrogen-bond acceptors (Lipinski definition) is 3. The lowest BCUT2D eigenvalue weighted by Crippen LogP contribution is -2.48. The Bertz CT molecular complexity index is 230. The third-order valence-corrected chi connectivity index (χ3v) is 3.93. The minimum absolute atomic E-state index is 0.214. The maximum atomic E-state index is 5.77. The van der Waals surface area contributed by atoms with Gasteiger partial charge in [-0.2, -0.15) is 0 Å². The Hall–Kier alpha value is -0.190. The van der Waals surface area contributed by atoms with Crippen molar-refractivity contribution in [3.05, 3.63) is 0 Å². The van der Waals surface area contributed by atoms with Crippen molar-refractivity contribution in [2.75, 3.05) is 39.8 Å². The van der Waals surface area contributed by atoms with E-state index in [1.165, 1.54) is 39.0 Å². The van der Waals surface area contributed by atoms with Gasteiger partial charge in [0.1, 0.15) is 0 Å². The van der Waals surface area contributed by atoms with Gasteiger partial charge in [-0.1, -0.05) is 12.2 Å². The van der Waals surface area contributed by atoms with E-state index < -0.39 is 0 Å². The van der Waals surface area contributed by atoms with Gasteiger partial charge in [0.2, 0.25) is 0 Å². The molecule has 0 atom stereocenters. The summed E-state index contributed by atoms with van der Waals surface area (Å²) in [6.07, 6.45) is 2.41. The zero-order chi connectivity index (χ0) is 10.2. The van der Waals surface area contributed by atoms with Gasteiger partial charge in [0.05, 0.1) is 4.99 Å². The van der Waals surface area contributed by atoms with Crippen LogP contribution in [0.2, 0.25) is 0 Å². The second-order valence-corrected chi connectivity index (χ2v) is 5.16. The van der Waals surface area contributed by atoms with Crippen LogP contribution in [0.3, 0.4) is 0 Å². The summed E-state index contributed by atoms with van der Waals surface area (Å²) in [5.74, 6) is 0. The van der Waals surface area contributed by atoms with Gasteiger partial charge in [-0.05, 0) is 19.9 Å². The highest BCUT2D eigenvalue weighted by molar-refractivity contribution is 7.80. The number of rotatable bonds is 3. The van der Waals surface area contributed by atoms with Crippen LogP contribution in [0.1, 0.15) is 12.8 Å². The van der Waals surface area contributed by atoms with Gasteiger partial charge in [-0.3, -0.25) is 4.90 Å². The van der Waals surface area contributed by atoms with E-state index in [1.807, 2.05) is 0 Å². The lowest BCUT2D eigenvalue weighted by Gasteiger charge is -2.34. The zero-order valence-electron chi connectivity index (χ0n) is 8.83. The van der Waals surface area contributed by atoms with Crippen molar-refractivity contribution in [2.45, 2.75) is 12.8 Å². The number of nitrogens with two attached hydrogens (primary N) is 1. The number of hydrogen-bond donors (Lipinski definition) is 1. The average Bonchev–Trinajstić information content (AvgIpc) is 2.90. The molecule has 0 aromatic rings. The monoisotopic (exact) mass is 213 g/mol. The second-order valence-electron chi connectivity index (χ2n) is 4.72. The van der Waals surface area contributed by atoms with E-state index in [1.54, 1.807) is 0 Å². The summed E-state index contributed by atoms with van der Waals surface area (Å²) < 4.78 is 0. The number of thiocarbonyl (C=S) groups is 1. The molecule has 0 bridgehead atoms. The average molecular weight is 213 g/mol. The summed E-state index contributed by atoms with van der Waals surface area (Å²) in [5.41, 5.74) is 5.99. The fourth-order valence-corrected chi connectivity index (χ4v) is 2.34. The van der Waals surface area contributed by atoms with Crippen molar-refractivity contribution < 1.29 is 0 Å². The van der Waals surface area contributed by atoms with Crippen molar-refractivity contribution in [3.63, 3.8) is 0 Å². The molecular formula is C10H19N3S. The maximum Gasteiger partial charge on any atom is 0.0802 e. The van der Waals surface area contributed by atoms with E-state index >= 15 is 0 Å². The van der Waals surface area contributed by atoms with Gasteiger partial charge in [-0.15, -0.1) is 0 Å². The van der Waals surface area contributed by atoms with Crippen LogP contribution in [0.25, 0.3) is 0 Å². The number of likely N-dealkylation sites (N-methyl/N-ethyl adjacent to an activating group) is 1. The standard InChI is InChI=1S/C10H19N3S/c1-12-4-6-13(7-5-12)8-10(2-3-10)9(11)14/h2-8H2,1H3,(H2,11,14). The molecular weight excluding hydrogens is 194 g/mol. The van der Waals surface area contributed by atoms with Crippen LogP contribution in [-0.2, 0) is 0 Å². The Morgan fingerprint density at radius 2 is 1.86 bits per heavy atom. The highest BCUT2D eigenvalue weighted by Crippen LogP contribution is 2.46. The molecule has 1 saturated heterocycles. The van der Waals surface area contributed by atoms with Crippen LogP contribution < -0.4 is 5.73 Å². The fraction of sp³-hybridized carbons (Fsp3) is 0.900. The highest BCUT2D eigenvalue weighted by atomic mass is 32.1. The van der Waals surface area contributed by atoms with Crippen LogP contribution in [0, 0.1) is 5.41 Å². The van der Waals surface area contributed by atoms with Crippen LogP contribution >= 0.6 is 12.2 Å². The first kappa shape index (κ1) is 10.3. The maximum absolute atomic E-state index is 5.77. The molecule has 0 aromatic heterocycles. The lowest BCUT2D eigenvalue weighted by atomic mass is 10.1. The molecule has 2 rings (SSSR count). The molecule has 2 N–H and O–H groups in total. The van der Waals surface area contributed by atoms with Crippen LogP contribution in [0.5, 0.6) is 0 Å². The summed E-state index contributed by atoms with van der Waals surface area (Å²) in [7, 11) is 2.18. The summed E-state index contributed by atoms with van der Waals surface area (Å²) in [5, 5.41) is 0. The summed E-state index contributed by atoms with van der Waals surface area (Å²) in [6, 6.07) is 0. The Labute approximate surface area is 91.2 Å². The van der Waals surface area contributed by atoms with Crippen molar-refractivity contribution in [1.29, 1.82) is 0 Å². The van der Waals surface area contributed by atoms with Gasteiger partial charge in [0.15, 0.2) is 0 Å². The molecule has 2 fully saturated rings.